The van der Waals surface area contributed by atoms with Crippen LogP contribution in [0.15, 0.2) is 46.6 Å². The van der Waals surface area contributed by atoms with E-state index in [-0.39, 0.29) is 11.3 Å². The lowest BCUT2D eigenvalue weighted by Crippen LogP contribution is -2.07. The lowest BCUT2D eigenvalue weighted by atomic mass is 10.1. The minimum absolute atomic E-state index is 0.245. The molecule has 0 aromatic heterocycles. The van der Waals surface area contributed by atoms with Gasteiger partial charge in [0.2, 0.25) is 0 Å². The molecule has 7 nitrogen and oxygen atoms in total. The molecule has 0 aliphatic carbocycles. The summed E-state index contributed by atoms with van der Waals surface area (Å²) in [5.41, 5.74) is 0.355. The molecule has 0 aliphatic rings. The van der Waals surface area contributed by atoms with Gasteiger partial charge < -0.3 is 4.90 Å². The number of anilines is 1. The lowest BCUT2D eigenvalue weighted by Gasteiger charge is -2.11. The summed E-state index contributed by atoms with van der Waals surface area (Å²) < 4.78 is 13.9. The first-order chi connectivity index (χ1) is 10.9. The van der Waals surface area contributed by atoms with Crippen LogP contribution < -0.4 is 4.90 Å². The van der Waals surface area contributed by atoms with Crippen LogP contribution in [0.25, 0.3) is 0 Å². The zero-order chi connectivity index (χ0) is 17.0. The fourth-order valence-corrected chi connectivity index (χ4v) is 1.80. The molecule has 0 radical (unpaired) electrons. The smallest absolute Gasteiger partial charge is 0.273 e. The molecule has 0 amide bonds. The van der Waals surface area contributed by atoms with Crippen molar-refractivity contribution in [3.8, 4) is 6.07 Å². The molecule has 0 heterocycles. The number of azo groups is 1. The number of benzene rings is 2. The zero-order valence-electron chi connectivity index (χ0n) is 12.4. The molecular weight excluding hydrogens is 301 g/mol. The highest BCUT2D eigenvalue weighted by Gasteiger charge is 2.16. The predicted octanol–water partition coefficient (Wildman–Crippen LogP) is 4.09. The number of halogens is 1. The van der Waals surface area contributed by atoms with Crippen molar-refractivity contribution in [3.05, 3.63) is 57.9 Å². The van der Waals surface area contributed by atoms with Gasteiger partial charge in [0.05, 0.1) is 22.2 Å². The van der Waals surface area contributed by atoms with Crippen molar-refractivity contribution >= 4 is 22.7 Å². The van der Waals surface area contributed by atoms with Crippen LogP contribution in [0.2, 0.25) is 0 Å². The third kappa shape index (κ3) is 3.65. The average Bonchev–Trinajstić information content (AvgIpc) is 2.53. The van der Waals surface area contributed by atoms with Crippen molar-refractivity contribution in [2.24, 2.45) is 10.2 Å². The van der Waals surface area contributed by atoms with Gasteiger partial charge in [-0.3, -0.25) is 10.1 Å². The Balaban J connectivity index is 2.36. The Bertz CT molecular complexity index is 810. The zero-order valence-corrected chi connectivity index (χ0v) is 12.4. The molecule has 0 saturated heterocycles. The van der Waals surface area contributed by atoms with E-state index >= 15 is 0 Å². The van der Waals surface area contributed by atoms with Crippen LogP contribution in [0.5, 0.6) is 0 Å². The lowest BCUT2D eigenvalue weighted by molar-refractivity contribution is -0.385. The molecule has 8 heteroatoms. The highest BCUT2D eigenvalue weighted by Crippen LogP contribution is 2.30. The summed E-state index contributed by atoms with van der Waals surface area (Å²) in [5.74, 6) is -0.968. The van der Waals surface area contributed by atoms with Gasteiger partial charge in [0.25, 0.3) is 5.69 Å². The van der Waals surface area contributed by atoms with E-state index in [1.807, 2.05) is 31.1 Å². The maximum absolute atomic E-state index is 13.9. The van der Waals surface area contributed by atoms with Gasteiger partial charge in [-0.25, -0.2) is 4.39 Å². The number of hydrogen-bond acceptors (Lipinski definition) is 6. The molecule has 0 spiro atoms. The maximum atomic E-state index is 13.9. The monoisotopic (exact) mass is 313 g/mol. The van der Waals surface area contributed by atoms with Crippen LogP contribution in [-0.4, -0.2) is 19.0 Å². The number of nitriles is 1. The molecule has 0 unspecified atom stereocenters. The number of hydrogen-bond donors (Lipinski definition) is 0. The van der Waals surface area contributed by atoms with E-state index in [0.717, 1.165) is 11.8 Å². The molecule has 0 bridgehead atoms. The van der Waals surface area contributed by atoms with Gasteiger partial charge in [-0.15, -0.1) is 5.11 Å². The van der Waals surface area contributed by atoms with Crippen LogP contribution in [-0.2, 0) is 0 Å². The normalized spacial score (nSPS) is 10.5. The molecule has 0 aliphatic heterocycles. The van der Waals surface area contributed by atoms with Crippen molar-refractivity contribution < 1.29 is 9.31 Å². The summed E-state index contributed by atoms with van der Waals surface area (Å²) in [6.07, 6.45) is 0. The Morgan fingerprint density at radius 3 is 2.39 bits per heavy atom. The first-order valence-electron chi connectivity index (χ1n) is 6.49. The Kier molecular flexibility index (Phi) is 4.61. The fourth-order valence-electron chi connectivity index (χ4n) is 1.80. The van der Waals surface area contributed by atoms with E-state index in [9.17, 15) is 14.5 Å². The van der Waals surface area contributed by atoms with E-state index in [1.165, 1.54) is 0 Å². The highest BCUT2D eigenvalue weighted by atomic mass is 19.1. The molecule has 2 aromatic carbocycles. The van der Waals surface area contributed by atoms with Crippen LogP contribution in [0.4, 0.5) is 27.1 Å². The maximum Gasteiger partial charge on any atom is 0.273 e. The van der Waals surface area contributed by atoms with Crippen molar-refractivity contribution in [2.75, 3.05) is 19.0 Å². The molecular formula is C15H12FN5O2. The van der Waals surface area contributed by atoms with Crippen LogP contribution in [0, 0.1) is 27.3 Å². The molecule has 0 N–H and O–H groups in total. The van der Waals surface area contributed by atoms with Gasteiger partial charge >= 0.3 is 0 Å². The van der Waals surface area contributed by atoms with E-state index in [2.05, 4.69) is 10.2 Å². The number of nitrogens with zero attached hydrogens (tertiary/aromatic N) is 5. The standard InChI is InChI=1S/C15H12FN5O2/c1-20(2)12-5-3-11(4-6-12)18-19-15-10(9-17)7-13(21(22)23)8-14(15)16/h3-8H,1-2H3. The Hall–Kier alpha value is -3.34. The molecule has 2 rings (SSSR count). The van der Waals surface area contributed by atoms with E-state index in [0.29, 0.717) is 11.8 Å². The summed E-state index contributed by atoms with van der Waals surface area (Å²) >= 11 is 0. The van der Waals surface area contributed by atoms with Gasteiger partial charge in [0.1, 0.15) is 11.8 Å². The van der Waals surface area contributed by atoms with Crippen molar-refractivity contribution in [2.45, 2.75) is 0 Å². The Morgan fingerprint density at radius 1 is 1.22 bits per heavy atom. The third-order valence-corrected chi connectivity index (χ3v) is 3.01. The van der Waals surface area contributed by atoms with Crippen molar-refractivity contribution in [1.29, 1.82) is 5.26 Å². The second-order valence-corrected chi connectivity index (χ2v) is 4.80. The first-order valence-corrected chi connectivity index (χ1v) is 6.49. The fraction of sp³-hybridized carbons (Fsp3) is 0.133. The first kappa shape index (κ1) is 16.0. The topological polar surface area (TPSA) is 94.9 Å². The second kappa shape index (κ2) is 6.62. The second-order valence-electron chi connectivity index (χ2n) is 4.80. The summed E-state index contributed by atoms with van der Waals surface area (Å²) in [6, 6.07) is 10.4. The molecule has 0 fully saturated rings. The Labute approximate surface area is 131 Å². The Morgan fingerprint density at radius 2 is 1.87 bits per heavy atom. The summed E-state index contributed by atoms with van der Waals surface area (Å²) in [7, 11) is 3.78. The van der Waals surface area contributed by atoms with Gasteiger partial charge in [-0.1, -0.05) is 0 Å². The molecule has 2 aromatic rings. The number of nitro groups is 1. The van der Waals surface area contributed by atoms with E-state index in [4.69, 9.17) is 5.26 Å². The number of rotatable bonds is 4. The van der Waals surface area contributed by atoms with Crippen LogP contribution >= 0.6 is 0 Å². The quantitative estimate of drug-likeness (QED) is 0.482. The van der Waals surface area contributed by atoms with Gasteiger partial charge in [0, 0.05) is 25.8 Å². The molecule has 0 saturated carbocycles. The summed E-state index contributed by atoms with van der Waals surface area (Å²) in [6.45, 7) is 0. The third-order valence-electron chi connectivity index (χ3n) is 3.01. The van der Waals surface area contributed by atoms with Gasteiger partial charge in [-0.05, 0) is 24.3 Å². The van der Waals surface area contributed by atoms with Crippen LogP contribution in [0.3, 0.4) is 0 Å². The summed E-state index contributed by atoms with van der Waals surface area (Å²) in [5, 5.41) is 27.2. The van der Waals surface area contributed by atoms with Gasteiger partial charge in [0.15, 0.2) is 5.82 Å². The van der Waals surface area contributed by atoms with E-state index < -0.39 is 16.4 Å². The summed E-state index contributed by atoms with van der Waals surface area (Å²) in [4.78, 5) is 11.8. The van der Waals surface area contributed by atoms with Crippen LogP contribution in [0.1, 0.15) is 5.56 Å². The number of nitro benzene ring substituents is 1. The predicted molar refractivity (Wildman–Crippen MR) is 82.7 cm³/mol. The number of non-ortho nitro benzene ring substituents is 1. The SMILES string of the molecule is CN(C)c1ccc(N=Nc2c(F)cc([N+](=O)[O-])cc2C#N)cc1. The average molecular weight is 313 g/mol. The highest BCUT2D eigenvalue weighted by molar-refractivity contribution is 5.59. The van der Waals surface area contributed by atoms with Crippen molar-refractivity contribution in [3.63, 3.8) is 0 Å². The van der Waals surface area contributed by atoms with Gasteiger partial charge in [-0.2, -0.15) is 10.4 Å². The minimum atomic E-state index is -0.968. The van der Waals surface area contributed by atoms with Crippen molar-refractivity contribution in [1.82, 2.24) is 0 Å². The van der Waals surface area contributed by atoms with E-state index in [1.54, 1.807) is 18.2 Å². The molecule has 116 valence electrons. The molecule has 23 heavy (non-hydrogen) atoms. The molecule has 0 atom stereocenters. The minimum Gasteiger partial charge on any atom is -0.378 e. The largest absolute Gasteiger partial charge is 0.378 e.